The molecule has 0 radical (unpaired) electrons. The molecular weight excluding hydrogens is 266 g/mol. The Balaban J connectivity index is 2.63. The van der Waals surface area contributed by atoms with Gasteiger partial charge in [-0.2, -0.15) is 0 Å². The molecule has 19 heavy (non-hydrogen) atoms. The number of carboxylic acids is 1. The number of carbonyl (C=O) groups is 3. The smallest absolute Gasteiger partial charge is 0.328 e. The zero-order chi connectivity index (χ0) is 14.3. The number of carboxylic acid groups (broad SMARTS) is 1. The second-order valence-electron chi connectivity index (χ2n) is 3.52. The maximum absolute atomic E-state index is 11.6. The molecule has 1 aromatic carbocycles. The van der Waals surface area contributed by atoms with Gasteiger partial charge in [-0.25, -0.2) is 4.79 Å². The first-order chi connectivity index (χ1) is 9.02. The molecule has 0 saturated carbocycles. The largest absolute Gasteiger partial charge is 0.478 e. The minimum Gasteiger partial charge on any atom is -0.478 e. The minimum absolute atomic E-state index is 0.0745. The van der Waals surface area contributed by atoms with Gasteiger partial charge in [0.1, 0.15) is 0 Å². The van der Waals surface area contributed by atoms with Gasteiger partial charge < -0.3 is 10.4 Å². The maximum atomic E-state index is 11.6. The number of ketones is 1. The first-order valence-electron chi connectivity index (χ1n) is 5.41. The van der Waals surface area contributed by atoms with E-state index in [0.29, 0.717) is 11.3 Å². The fourth-order valence-electron chi connectivity index (χ4n) is 1.18. The van der Waals surface area contributed by atoms with Crippen LogP contribution in [0.4, 0.5) is 0 Å². The van der Waals surface area contributed by atoms with Crippen molar-refractivity contribution in [3.8, 4) is 0 Å². The fourth-order valence-corrected chi connectivity index (χ4v) is 1.95. The summed E-state index contributed by atoms with van der Waals surface area (Å²) in [7, 11) is 1.57. The van der Waals surface area contributed by atoms with Crippen LogP contribution in [-0.4, -0.2) is 35.6 Å². The number of hydrogen-bond donors (Lipinski definition) is 2. The third-order valence-electron chi connectivity index (χ3n) is 2.16. The Morgan fingerprint density at radius 2 is 1.84 bits per heavy atom. The van der Waals surface area contributed by atoms with E-state index in [1.54, 1.807) is 31.3 Å². The number of aliphatic carboxylic acids is 1. The number of allylic oxidation sites excluding steroid dienone is 1. The Morgan fingerprint density at radius 3 is 2.37 bits per heavy atom. The molecule has 6 heteroatoms. The number of amides is 1. The first-order valence-corrected chi connectivity index (χ1v) is 6.40. The van der Waals surface area contributed by atoms with E-state index in [-0.39, 0.29) is 11.7 Å². The lowest BCUT2D eigenvalue weighted by Gasteiger charge is -2.01. The molecule has 0 heterocycles. The Morgan fingerprint density at radius 1 is 1.21 bits per heavy atom. The molecule has 0 aliphatic heterocycles. The van der Waals surface area contributed by atoms with Crippen molar-refractivity contribution in [2.24, 2.45) is 0 Å². The molecule has 0 aliphatic rings. The van der Waals surface area contributed by atoms with E-state index < -0.39 is 5.97 Å². The van der Waals surface area contributed by atoms with E-state index >= 15 is 0 Å². The van der Waals surface area contributed by atoms with Crippen molar-refractivity contribution in [1.82, 2.24) is 5.32 Å². The third-order valence-corrected chi connectivity index (χ3v) is 3.18. The summed E-state index contributed by atoms with van der Waals surface area (Å²) in [5.41, 5.74) is 0.404. The lowest BCUT2D eigenvalue weighted by Crippen LogP contribution is -2.19. The lowest BCUT2D eigenvalue weighted by molar-refractivity contribution is -0.131. The van der Waals surface area contributed by atoms with Crippen LogP contribution in [0.3, 0.4) is 0 Å². The van der Waals surface area contributed by atoms with Gasteiger partial charge in [0.05, 0.1) is 5.75 Å². The topological polar surface area (TPSA) is 83.5 Å². The summed E-state index contributed by atoms with van der Waals surface area (Å²) in [6, 6.07) is 6.63. The second kappa shape index (κ2) is 7.38. The van der Waals surface area contributed by atoms with Gasteiger partial charge in [-0.3, -0.25) is 9.59 Å². The standard InChI is InChI=1S/C13H13NO4S/c1-14-12(16)8-19-10-4-2-9(3-5-10)11(15)6-7-13(17)18/h2-7H,8H2,1H3,(H,14,16)(H,17,18)/b7-6+. The second-order valence-corrected chi connectivity index (χ2v) is 4.57. The van der Waals surface area contributed by atoms with Gasteiger partial charge in [-0.05, 0) is 30.3 Å². The maximum Gasteiger partial charge on any atom is 0.328 e. The predicted octanol–water partition coefficient (Wildman–Crippen LogP) is 1.35. The van der Waals surface area contributed by atoms with Crippen molar-refractivity contribution in [2.45, 2.75) is 4.90 Å². The normalized spacial score (nSPS) is 10.4. The van der Waals surface area contributed by atoms with Crippen LogP contribution < -0.4 is 5.32 Å². The van der Waals surface area contributed by atoms with E-state index in [9.17, 15) is 14.4 Å². The number of nitrogens with one attached hydrogen (secondary N) is 1. The molecule has 1 aromatic rings. The number of thioether (sulfide) groups is 1. The van der Waals surface area contributed by atoms with E-state index in [4.69, 9.17) is 5.11 Å². The van der Waals surface area contributed by atoms with Crippen LogP contribution in [0.1, 0.15) is 10.4 Å². The summed E-state index contributed by atoms with van der Waals surface area (Å²) >= 11 is 1.36. The third kappa shape index (κ3) is 5.39. The Kier molecular flexibility index (Phi) is 5.81. The van der Waals surface area contributed by atoms with Crippen molar-refractivity contribution >= 4 is 29.4 Å². The van der Waals surface area contributed by atoms with Crippen LogP contribution >= 0.6 is 11.8 Å². The number of hydrogen-bond acceptors (Lipinski definition) is 4. The van der Waals surface area contributed by atoms with Crippen molar-refractivity contribution in [3.63, 3.8) is 0 Å². The minimum atomic E-state index is -1.16. The molecule has 0 fully saturated rings. The highest BCUT2D eigenvalue weighted by molar-refractivity contribution is 8.00. The molecule has 0 bridgehead atoms. The van der Waals surface area contributed by atoms with Crippen molar-refractivity contribution in [2.75, 3.05) is 12.8 Å². The van der Waals surface area contributed by atoms with Gasteiger partial charge in [-0.15, -0.1) is 11.8 Å². The summed E-state index contributed by atoms with van der Waals surface area (Å²) in [4.78, 5) is 33.8. The quantitative estimate of drug-likeness (QED) is 0.466. The van der Waals surface area contributed by atoms with Crippen LogP contribution in [0.2, 0.25) is 0 Å². The monoisotopic (exact) mass is 279 g/mol. The zero-order valence-electron chi connectivity index (χ0n) is 10.3. The van der Waals surface area contributed by atoms with E-state index in [2.05, 4.69) is 5.32 Å². The number of benzene rings is 1. The number of carbonyl (C=O) groups excluding carboxylic acids is 2. The highest BCUT2D eigenvalue weighted by atomic mass is 32.2. The molecule has 1 amide bonds. The zero-order valence-corrected chi connectivity index (χ0v) is 11.1. The Bertz CT molecular complexity index is 508. The molecule has 5 nitrogen and oxygen atoms in total. The van der Waals surface area contributed by atoms with Crippen molar-refractivity contribution < 1.29 is 19.5 Å². The molecule has 0 aromatic heterocycles. The van der Waals surface area contributed by atoms with E-state index in [1.807, 2.05) is 0 Å². The molecule has 100 valence electrons. The highest BCUT2D eigenvalue weighted by Gasteiger charge is 2.04. The first kappa shape index (κ1) is 15.0. The molecular formula is C13H13NO4S. The molecule has 2 N–H and O–H groups in total. The van der Waals surface area contributed by atoms with Gasteiger partial charge in [-0.1, -0.05) is 0 Å². The van der Waals surface area contributed by atoms with Crippen LogP contribution in [0, 0.1) is 0 Å². The van der Waals surface area contributed by atoms with Crippen molar-refractivity contribution in [1.29, 1.82) is 0 Å². The average molecular weight is 279 g/mol. The summed E-state index contributed by atoms with van der Waals surface area (Å²) in [6.07, 6.45) is 1.81. The van der Waals surface area contributed by atoms with Crippen LogP contribution in [-0.2, 0) is 9.59 Å². The van der Waals surface area contributed by atoms with Crippen LogP contribution in [0.5, 0.6) is 0 Å². The fraction of sp³-hybridized carbons (Fsp3) is 0.154. The summed E-state index contributed by atoms with van der Waals surface area (Å²) in [6.45, 7) is 0. The van der Waals surface area contributed by atoms with Gasteiger partial charge in [0, 0.05) is 23.6 Å². The molecule has 0 saturated heterocycles. The summed E-state index contributed by atoms with van der Waals surface area (Å²) < 4.78 is 0. The van der Waals surface area contributed by atoms with Crippen LogP contribution in [0.25, 0.3) is 0 Å². The van der Waals surface area contributed by atoms with Gasteiger partial charge in [0.15, 0.2) is 5.78 Å². The van der Waals surface area contributed by atoms with Crippen LogP contribution in [0.15, 0.2) is 41.3 Å². The highest BCUT2D eigenvalue weighted by Crippen LogP contribution is 2.18. The predicted molar refractivity (Wildman–Crippen MR) is 72.3 cm³/mol. The van der Waals surface area contributed by atoms with E-state index in [0.717, 1.165) is 17.0 Å². The average Bonchev–Trinajstić information content (AvgIpc) is 2.42. The molecule has 0 spiro atoms. The van der Waals surface area contributed by atoms with Crippen molar-refractivity contribution in [3.05, 3.63) is 42.0 Å². The summed E-state index contributed by atoms with van der Waals surface area (Å²) in [5.74, 6) is -1.30. The Hall–Kier alpha value is -2.08. The van der Waals surface area contributed by atoms with Gasteiger partial charge in [0.2, 0.25) is 5.91 Å². The summed E-state index contributed by atoms with van der Waals surface area (Å²) in [5, 5.41) is 10.9. The molecule has 0 unspecified atom stereocenters. The molecule has 0 atom stereocenters. The van der Waals surface area contributed by atoms with E-state index in [1.165, 1.54) is 11.8 Å². The Labute approximate surface area is 114 Å². The molecule has 1 rings (SSSR count). The SMILES string of the molecule is CNC(=O)CSc1ccc(C(=O)/C=C/C(=O)O)cc1. The number of rotatable bonds is 6. The molecule has 0 aliphatic carbocycles. The van der Waals surface area contributed by atoms with Gasteiger partial charge >= 0.3 is 5.97 Å². The lowest BCUT2D eigenvalue weighted by atomic mass is 10.1. The van der Waals surface area contributed by atoms with Gasteiger partial charge in [0.25, 0.3) is 0 Å².